The third-order valence-corrected chi connectivity index (χ3v) is 6.31. The number of anilines is 1. The van der Waals surface area contributed by atoms with Crippen molar-refractivity contribution in [1.29, 1.82) is 0 Å². The van der Waals surface area contributed by atoms with E-state index < -0.39 is 22.5 Å². The summed E-state index contributed by atoms with van der Waals surface area (Å²) >= 11 is 5.88. The summed E-state index contributed by atoms with van der Waals surface area (Å²) in [5.41, 5.74) is 4.63. The van der Waals surface area contributed by atoms with E-state index in [0.29, 0.717) is 10.7 Å². The number of hydrogen-bond donors (Lipinski definition) is 1. The van der Waals surface area contributed by atoms with Crippen LogP contribution in [0.25, 0.3) is 0 Å². The molecule has 0 aliphatic carbocycles. The molecule has 0 aromatic heterocycles. The Morgan fingerprint density at radius 3 is 2.31 bits per heavy atom. The Kier molecular flexibility index (Phi) is 8.22. The van der Waals surface area contributed by atoms with E-state index in [2.05, 4.69) is 17.5 Å². The van der Waals surface area contributed by atoms with Gasteiger partial charge < -0.3 is 0 Å². The average Bonchev–Trinajstić information content (AvgIpc) is 2.70. The number of nitrogens with zero attached hydrogens (tertiary/aromatic N) is 2. The lowest BCUT2D eigenvalue weighted by atomic mass is 10.2. The van der Waals surface area contributed by atoms with Gasteiger partial charge in [0.2, 0.25) is 0 Å². The average molecular weight is 436 g/mol. The van der Waals surface area contributed by atoms with Gasteiger partial charge in [0.1, 0.15) is 6.54 Å². The largest absolute Gasteiger partial charge is 0.271 e. The number of hydrogen-bond acceptors (Lipinski definition) is 4. The Labute approximate surface area is 177 Å². The number of hydrazone groups is 1. The van der Waals surface area contributed by atoms with Crippen molar-refractivity contribution in [2.24, 2.45) is 5.10 Å². The lowest BCUT2D eigenvalue weighted by Gasteiger charge is -2.24. The zero-order chi connectivity index (χ0) is 21.4. The summed E-state index contributed by atoms with van der Waals surface area (Å²) in [7, 11) is -3.97. The van der Waals surface area contributed by atoms with Gasteiger partial charge in [-0.25, -0.2) is 13.8 Å². The van der Waals surface area contributed by atoms with Gasteiger partial charge >= 0.3 is 0 Å². The van der Waals surface area contributed by atoms with Crippen LogP contribution in [0.15, 0.2) is 58.5 Å². The van der Waals surface area contributed by atoms with Gasteiger partial charge in [-0.15, -0.1) is 0 Å². The Hall–Kier alpha value is -2.38. The minimum Gasteiger partial charge on any atom is -0.271 e. The quantitative estimate of drug-likeness (QED) is 0.464. The second-order valence-electron chi connectivity index (χ2n) is 6.79. The van der Waals surface area contributed by atoms with Gasteiger partial charge in [-0.2, -0.15) is 5.10 Å². The van der Waals surface area contributed by atoms with Crippen molar-refractivity contribution in [1.82, 2.24) is 5.43 Å². The number of benzene rings is 2. The monoisotopic (exact) mass is 435 g/mol. The molecule has 0 heterocycles. The number of unbranched alkanes of at least 4 members (excludes halogenated alkanes) is 1. The molecule has 6 nitrogen and oxygen atoms in total. The van der Waals surface area contributed by atoms with Gasteiger partial charge in [0.25, 0.3) is 15.9 Å². The van der Waals surface area contributed by atoms with Crippen LogP contribution in [-0.2, 0) is 14.8 Å². The summed E-state index contributed by atoms with van der Waals surface area (Å²) in [6.07, 6.45) is 2.79. The van der Waals surface area contributed by atoms with Crippen LogP contribution >= 0.6 is 11.6 Å². The van der Waals surface area contributed by atoms with E-state index in [0.717, 1.165) is 34.8 Å². The maximum atomic E-state index is 13.2. The lowest BCUT2D eigenvalue weighted by molar-refractivity contribution is -0.119. The highest BCUT2D eigenvalue weighted by atomic mass is 35.5. The Morgan fingerprint density at radius 1 is 1.10 bits per heavy atom. The number of carbonyl (C=O) groups is 1. The summed E-state index contributed by atoms with van der Waals surface area (Å²) in [5.74, 6) is -0.515. The predicted molar refractivity (Wildman–Crippen MR) is 118 cm³/mol. The van der Waals surface area contributed by atoms with Crippen LogP contribution in [0.3, 0.4) is 0 Å². The normalized spacial score (nSPS) is 11.9. The van der Waals surface area contributed by atoms with Crippen LogP contribution in [0.4, 0.5) is 5.69 Å². The van der Waals surface area contributed by atoms with Crippen molar-refractivity contribution in [3.8, 4) is 0 Å². The molecule has 156 valence electrons. The molecule has 0 aliphatic heterocycles. The van der Waals surface area contributed by atoms with Crippen LogP contribution in [0.2, 0.25) is 5.02 Å². The Balaban J connectivity index is 2.29. The van der Waals surface area contributed by atoms with Crippen LogP contribution in [0.5, 0.6) is 0 Å². The number of amides is 1. The molecule has 0 unspecified atom stereocenters. The van der Waals surface area contributed by atoms with Gasteiger partial charge in [0, 0.05) is 10.7 Å². The highest BCUT2D eigenvalue weighted by molar-refractivity contribution is 7.92. The number of rotatable bonds is 9. The number of carbonyl (C=O) groups excluding carboxylic acids is 1. The molecule has 0 aliphatic rings. The topological polar surface area (TPSA) is 78.8 Å². The van der Waals surface area contributed by atoms with Crippen molar-refractivity contribution in [3.63, 3.8) is 0 Å². The highest BCUT2D eigenvalue weighted by Gasteiger charge is 2.27. The van der Waals surface area contributed by atoms with Crippen molar-refractivity contribution in [3.05, 3.63) is 59.1 Å². The van der Waals surface area contributed by atoms with Gasteiger partial charge in [-0.3, -0.25) is 9.10 Å². The first-order valence-corrected chi connectivity index (χ1v) is 11.2. The van der Waals surface area contributed by atoms with Gasteiger partial charge in [-0.1, -0.05) is 42.6 Å². The second kappa shape index (κ2) is 10.4. The third kappa shape index (κ3) is 6.58. The van der Waals surface area contributed by atoms with E-state index in [1.807, 2.05) is 13.8 Å². The van der Waals surface area contributed by atoms with Crippen molar-refractivity contribution in [2.75, 3.05) is 10.8 Å². The van der Waals surface area contributed by atoms with Crippen LogP contribution in [-0.4, -0.2) is 26.6 Å². The second-order valence-corrected chi connectivity index (χ2v) is 9.09. The van der Waals surface area contributed by atoms with Crippen LogP contribution < -0.4 is 9.73 Å². The standard InChI is InChI=1S/C21H26ClN3O3S/c1-4-5-6-17(3)23-24-21(26)15-25(19-11-7-16(2)8-12-19)29(27,28)20-13-9-18(22)10-14-20/h7-14H,4-6,15H2,1-3H3,(H,24,26)/b23-17-. The zero-order valence-electron chi connectivity index (χ0n) is 16.9. The summed E-state index contributed by atoms with van der Waals surface area (Å²) in [6.45, 7) is 5.42. The first-order valence-electron chi connectivity index (χ1n) is 9.41. The lowest BCUT2D eigenvalue weighted by Crippen LogP contribution is -2.39. The minimum absolute atomic E-state index is 0.0536. The first kappa shape index (κ1) is 22.9. The molecule has 2 aromatic carbocycles. The van der Waals surface area contributed by atoms with E-state index in [9.17, 15) is 13.2 Å². The molecule has 0 radical (unpaired) electrons. The third-order valence-electron chi connectivity index (χ3n) is 4.27. The van der Waals surface area contributed by atoms with E-state index in [-0.39, 0.29) is 4.90 Å². The number of sulfonamides is 1. The first-order chi connectivity index (χ1) is 13.7. The van der Waals surface area contributed by atoms with E-state index in [1.165, 1.54) is 24.3 Å². The van der Waals surface area contributed by atoms with E-state index in [4.69, 9.17) is 11.6 Å². The molecule has 0 fully saturated rings. The molecule has 1 N–H and O–H groups in total. The molecular weight excluding hydrogens is 410 g/mol. The van der Waals surface area contributed by atoms with E-state index in [1.54, 1.807) is 24.3 Å². The van der Waals surface area contributed by atoms with Crippen molar-refractivity contribution < 1.29 is 13.2 Å². The fourth-order valence-electron chi connectivity index (χ4n) is 2.57. The molecule has 8 heteroatoms. The molecule has 0 bridgehead atoms. The van der Waals surface area contributed by atoms with Crippen LogP contribution in [0.1, 0.15) is 38.7 Å². The summed E-state index contributed by atoms with van der Waals surface area (Å²) in [4.78, 5) is 12.5. The summed E-state index contributed by atoms with van der Waals surface area (Å²) in [5, 5.41) is 4.50. The molecule has 0 atom stereocenters. The minimum atomic E-state index is -3.97. The van der Waals surface area contributed by atoms with Crippen molar-refractivity contribution >= 4 is 38.9 Å². The van der Waals surface area contributed by atoms with E-state index >= 15 is 0 Å². The number of aryl methyl sites for hydroxylation is 1. The number of nitrogens with one attached hydrogen (secondary N) is 1. The zero-order valence-corrected chi connectivity index (χ0v) is 18.4. The maximum absolute atomic E-state index is 13.2. The molecule has 0 saturated heterocycles. The molecule has 0 spiro atoms. The molecule has 2 rings (SSSR count). The molecular formula is C21H26ClN3O3S. The molecule has 1 amide bonds. The smallest absolute Gasteiger partial charge is 0.264 e. The summed E-state index contributed by atoms with van der Waals surface area (Å²) < 4.78 is 27.5. The SMILES string of the molecule is CCCC/C(C)=N\NC(=O)CN(c1ccc(C)cc1)S(=O)(=O)c1ccc(Cl)cc1. The maximum Gasteiger partial charge on any atom is 0.264 e. The van der Waals surface area contributed by atoms with Gasteiger partial charge in [0.05, 0.1) is 10.6 Å². The Morgan fingerprint density at radius 2 is 1.72 bits per heavy atom. The number of halogens is 1. The van der Waals surface area contributed by atoms with Gasteiger partial charge in [-0.05, 0) is 63.1 Å². The van der Waals surface area contributed by atoms with Crippen LogP contribution in [0, 0.1) is 6.92 Å². The van der Waals surface area contributed by atoms with Gasteiger partial charge in [0.15, 0.2) is 0 Å². The molecule has 2 aromatic rings. The molecule has 0 saturated carbocycles. The molecule has 29 heavy (non-hydrogen) atoms. The fraction of sp³-hybridized carbons (Fsp3) is 0.333. The van der Waals surface area contributed by atoms with Crippen molar-refractivity contribution in [2.45, 2.75) is 44.9 Å². The predicted octanol–water partition coefficient (Wildman–Crippen LogP) is 4.53. The summed E-state index contributed by atoms with van der Waals surface area (Å²) in [6, 6.07) is 12.8. The Bertz CT molecular complexity index is 956. The fourth-order valence-corrected chi connectivity index (χ4v) is 4.12. The highest BCUT2D eigenvalue weighted by Crippen LogP contribution is 2.25.